The number of amides is 2. The summed E-state index contributed by atoms with van der Waals surface area (Å²) in [6, 6.07) is 14.4. The number of carbonyl (C=O) groups excluding carboxylic acids is 2. The highest BCUT2D eigenvalue weighted by Gasteiger charge is 2.06. The van der Waals surface area contributed by atoms with Crippen molar-refractivity contribution in [3.8, 4) is 5.75 Å². The summed E-state index contributed by atoms with van der Waals surface area (Å²) in [5, 5.41) is 6.27. The smallest absolute Gasteiger partial charge is 0.238 e. The molecule has 0 saturated heterocycles. The van der Waals surface area contributed by atoms with Crippen LogP contribution in [0.5, 0.6) is 5.75 Å². The molecule has 2 rings (SSSR count). The first-order valence-corrected chi connectivity index (χ1v) is 8.99. The van der Waals surface area contributed by atoms with Crippen LogP contribution in [0.4, 0.5) is 5.69 Å². The van der Waals surface area contributed by atoms with Gasteiger partial charge >= 0.3 is 0 Å². The SMILES string of the molecule is CN(C)CC(=O)Nc1cccc(CNC(=O)CCOc2cccc(Cl)c2)c1. The van der Waals surface area contributed by atoms with Gasteiger partial charge in [-0.25, -0.2) is 0 Å². The Balaban J connectivity index is 1.74. The Kier molecular flexibility index (Phi) is 8.10. The number of likely N-dealkylation sites (N-methyl/N-ethyl adjacent to an activating group) is 1. The molecule has 2 amide bonds. The van der Waals surface area contributed by atoms with E-state index < -0.39 is 0 Å². The van der Waals surface area contributed by atoms with E-state index >= 15 is 0 Å². The van der Waals surface area contributed by atoms with Crippen LogP contribution < -0.4 is 15.4 Å². The maximum absolute atomic E-state index is 12.0. The number of hydrogen-bond donors (Lipinski definition) is 2. The van der Waals surface area contributed by atoms with Crippen molar-refractivity contribution in [3.05, 3.63) is 59.1 Å². The Labute approximate surface area is 164 Å². The normalized spacial score (nSPS) is 10.5. The number of nitrogens with one attached hydrogen (secondary N) is 2. The summed E-state index contributed by atoms with van der Waals surface area (Å²) >= 11 is 5.88. The van der Waals surface area contributed by atoms with E-state index in [1.165, 1.54) is 0 Å². The average molecular weight is 390 g/mol. The van der Waals surface area contributed by atoms with Crippen molar-refractivity contribution in [2.45, 2.75) is 13.0 Å². The molecule has 0 aliphatic carbocycles. The highest BCUT2D eigenvalue weighted by molar-refractivity contribution is 6.30. The summed E-state index contributed by atoms with van der Waals surface area (Å²) in [6.07, 6.45) is 0.242. The second-order valence-corrected chi connectivity index (χ2v) is 6.76. The lowest BCUT2D eigenvalue weighted by Gasteiger charge is -2.11. The van der Waals surface area contributed by atoms with Gasteiger partial charge in [-0.2, -0.15) is 0 Å². The van der Waals surface area contributed by atoms with E-state index in [9.17, 15) is 9.59 Å². The van der Waals surface area contributed by atoms with Crippen LogP contribution in [0, 0.1) is 0 Å². The molecule has 6 nitrogen and oxygen atoms in total. The number of hydrogen-bond acceptors (Lipinski definition) is 4. The van der Waals surface area contributed by atoms with Gasteiger partial charge in [-0.05, 0) is 50.0 Å². The Hall–Kier alpha value is -2.57. The number of benzene rings is 2. The molecule has 0 atom stereocenters. The molecule has 0 unspecified atom stereocenters. The lowest BCUT2D eigenvalue weighted by Crippen LogP contribution is -2.27. The minimum atomic E-state index is -0.112. The summed E-state index contributed by atoms with van der Waals surface area (Å²) in [4.78, 5) is 25.6. The lowest BCUT2D eigenvalue weighted by molar-refractivity contribution is -0.121. The molecular formula is C20H24ClN3O3. The molecule has 0 bridgehead atoms. The average Bonchev–Trinajstić information content (AvgIpc) is 2.59. The largest absolute Gasteiger partial charge is 0.493 e. The second-order valence-electron chi connectivity index (χ2n) is 6.32. The molecule has 0 heterocycles. The van der Waals surface area contributed by atoms with Gasteiger partial charge in [-0.15, -0.1) is 0 Å². The van der Waals surface area contributed by atoms with E-state index in [0.29, 0.717) is 29.5 Å². The summed E-state index contributed by atoms with van der Waals surface area (Å²) < 4.78 is 5.51. The Bertz CT molecular complexity index is 781. The number of carbonyl (C=O) groups is 2. The van der Waals surface area contributed by atoms with Crippen LogP contribution in [-0.4, -0.2) is 44.0 Å². The lowest BCUT2D eigenvalue weighted by atomic mass is 10.2. The molecule has 144 valence electrons. The highest BCUT2D eigenvalue weighted by atomic mass is 35.5. The number of rotatable bonds is 9. The van der Waals surface area contributed by atoms with Crippen molar-refractivity contribution in [1.29, 1.82) is 0 Å². The first kappa shape index (κ1) is 20.7. The molecule has 7 heteroatoms. The van der Waals surface area contributed by atoms with Crippen LogP contribution in [0.15, 0.2) is 48.5 Å². The number of anilines is 1. The molecule has 27 heavy (non-hydrogen) atoms. The van der Waals surface area contributed by atoms with Crippen LogP contribution in [0.2, 0.25) is 5.02 Å². The quantitative estimate of drug-likeness (QED) is 0.691. The maximum Gasteiger partial charge on any atom is 0.238 e. The molecule has 0 radical (unpaired) electrons. The van der Waals surface area contributed by atoms with Gasteiger partial charge in [0.25, 0.3) is 0 Å². The number of halogens is 1. The van der Waals surface area contributed by atoms with Gasteiger partial charge in [0.2, 0.25) is 11.8 Å². The van der Waals surface area contributed by atoms with Crippen molar-refractivity contribution in [1.82, 2.24) is 10.2 Å². The molecule has 0 fully saturated rings. The third kappa shape index (κ3) is 8.11. The minimum Gasteiger partial charge on any atom is -0.493 e. The monoisotopic (exact) mass is 389 g/mol. The van der Waals surface area contributed by atoms with E-state index in [2.05, 4.69) is 10.6 Å². The fourth-order valence-electron chi connectivity index (χ4n) is 2.35. The number of nitrogens with zero attached hydrogens (tertiary/aromatic N) is 1. The summed E-state index contributed by atoms with van der Waals surface area (Å²) in [5.41, 5.74) is 1.61. The Morgan fingerprint density at radius 3 is 2.59 bits per heavy atom. The molecule has 0 aliphatic heterocycles. The fraction of sp³-hybridized carbons (Fsp3) is 0.300. The maximum atomic E-state index is 12.0. The molecule has 0 saturated carbocycles. The molecule has 2 N–H and O–H groups in total. The molecular weight excluding hydrogens is 366 g/mol. The zero-order valence-electron chi connectivity index (χ0n) is 15.5. The van der Waals surface area contributed by atoms with Crippen LogP contribution in [0.3, 0.4) is 0 Å². The predicted octanol–water partition coefficient (Wildman–Crippen LogP) is 2.93. The van der Waals surface area contributed by atoms with Gasteiger partial charge in [0.05, 0.1) is 19.6 Å². The first-order valence-electron chi connectivity index (χ1n) is 8.61. The van der Waals surface area contributed by atoms with Gasteiger partial charge in [0.1, 0.15) is 5.75 Å². The zero-order valence-corrected chi connectivity index (χ0v) is 16.3. The minimum absolute atomic E-state index is 0.0839. The summed E-state index contributed by atoms with van der Waals surface area (Å²) in [5.74, 6) is 0.440. The third-order valence-corrected chi connectivity index (χ3v) is 3.79. The third-order valence-electron chi connectivity index (χ3n) is 3.55. The molecule has 0 aromatic heterocycles. The molecule has 0 spiro atoms. The molecule has 2 aromatic rings. The van der Waals surface area contributed by atoms with Gasteiger partial charge in [0.15, 0.2) is 0 Å². The first-order chi connectivity index (χ1) is 12.9. The van der Waals surface area contributed by atoms with E-state index in [1.54, 1.807) is 29.2 Å². The molecule has 2 aromatic carbocycles. The van der Waals surface area contributed by atoms with Crippen LogP contribution >= 0.6 is 11.6 Å². The Morgan fingerprint density at radius 1 is 1.07 bits per heavy atom. The summed E-state index contributed by atoms with van der Waals surface area (Å²) in [7, 11) is 3.67. The van der Waals surface area contributed by atoms with Gasteiger partial charge in [-0.1, -0.05) is 29.8 Å². The van der Waals surface area contributed by atoms with Crippen molar-refractivity contribution < 1.29 is 14.3 Å². The van der Waals surface area contributed by atoms with Crippen LogP contribution in [-0.2, 0) is 16.1 Å². The van der Waals surface area contributed by atoms with E-state index in [4.69, 9.17) is 16.3 Å². The van der Waals surface area contributed by atoms with Crippen molar-refractivity contribution in [2.24, 2.45) is 0 Å². The van der Waals surface area contributed by atoms with Crippen LogP contribution in [0.25, 0.3) is 0 Å². The van der Waals surface area contributed by atoms with E-state index in [1.807, 2.05) is 38.4 Å². The zero-order chi connectivity index (χ0) is 19.6. The highest BCUT2D eigenvalue weighted by Crippen LogP contribution is 2.17. The van der Waals surface area contributed by atoms with Crippen molar-refractivity contribution >= 4 is 29.1 Å². The van der Waals surface area contributed by atoms with Crippen LogP contribution in [0.1, 0.15) is 12.0 Å². The van der Waals surface area contributed by atoms with Gasteiger partial charge < -0.3 is 20.3 Å². The molecule has 0 aliphatic rings. The van der Waals surface area contributed by atoms with Gasteiger partial charge in [-0.3, -0.25) is 9.59 Å². The van der Waals surface area contributed by atoms with Gasteiger partial charge in [0, 0.05) is 17.3 Å². The van der Waals surface area contributed by atoms with Crippen molar-refractivity contribution in [2.75, 3.05) is 32.6 Å². The predicted molar refractivity (Wildman–Crippen MR) is 107 cm³/mol. The summed E-state index contributed by atoms with van der Waals surface area (Å²) in [6.45, 7) is 0.966. The fourth-order valence-corrected chi connectivity index (χ4v) is 2.53. The van der Waals surface area contributed by atoms with E-state index in [-0.39, 0.29) is 24.8 Å². The topological polar surface area (TPSA) is 70.7 Å². The number of ether oxygens (including phenoxy) is 1. The van der Waals surface area contributed by atoms with E-state index in [0.717, 1.165) is 5.56 Å². The second kappa shape index (κ2) is 10.5. The standard InChI is InChI=1S/C20H24ClN3O3/c1-24(2)14-20(26)23-17-7-3-5-15(11-17)13-22-19(25)9-10-27-18-8-4-6-16(21)12-18/h3-8,11-12H,9-10,13-14H2,1-2H3,(H,22,25)(H,23,26). The Morgan fingerprint density at radius 2 is 1.85 bits per heavy atom. The van der Waals surface area contributed by atoms with Crippen molar-refractivity contribution in [3.63, 3.8) is 0 Å².